The van der Waals surface area contributed by atoms with Gasteiger partial charge in [0.1, 0.15) is 11.8 Å². The van der Waals surface area contributed by atoms with E-state index >= 15 is 0 Å². The van der Waals surface area contributed by atoms with E-state index in [1.165, 1.54) is 5.56 Å². The number of piperidine rings is 1. The second kappa shape index (κ2) is 6.55. The normalized spacial score (nSPS) is 16.8. The van der Waals surface area contributed by atoms with Gasteiger partial charge in [0.05, 0.1) is 0 Å². The molecule has 2 aromatic rings. The van der Waals surface area contributed by atoms with Crippen molar-refractivity contribution in [3.05, 3.63) is 35.2 Å². The van der Waals surface area contributed by atoms with E-state index in [1.54, 1.807) is 0 Å². The van der Waals surface area contributed by atoms with Gasteiger partial charge in [-0.3, -0.25) is 4.90 Å². The van der Waals surface area contributed by atoms with Crippen molar-refractivity contribution in [2.24, 2.45) is 7.05 Å². The van der Waals surface area contributed by atoms with Gasteiger partial charge < -0.3 is 9.09 Å². The van der Waals surface area contributed by atoms with Crippen LogP contribution in [0.4, 0.5) is 0 Å². The Kier molecular flexibility index (Phi) is 4.49. The Morgan fingerprint density at radius 2 is 2.13 bits per heavy atom. The van der Waals surface area contributed by atoms with E-state index in [0.29, 0.717) is 17.5 Å². The summed E-state index contributed by atoms with van der Waals surface area (Å²) in [6, 6.07) is 4.18. The van der Waals surface area contributed by atoms with Gasteiger partial charge in [-0.1, -0.05) is 19.0 Å². The minimum Gasteiger partial charge on any atom is -0.342 e. The Balaban J connectivity index is 1.56. The number of hydrogen-bond acceptors (Lipinski definition) is 5. The summed E-state index contributed by atoms with van der Waals surface area (Å²) < 4.78 is 7.32. The molecule has 6 heteroatoms. The zero-order valence-corrected chi connectivity index (χ0v) is 14.0. The van der Waals surface area contributed by atoms with Gasteiger partial charge in [-0.15, -0.1) is 0 Å². The van der Waals surface area contributed by atoms with Gasteiger partial charge in [0.15, 0.2) is 5.82 Å². The van der Waals surface area contributed by atoms with E-state index in [9.17, 15) is 0 Å². The molecule has 1 saturated heterocycles. The number of aromatic nitrogens is 3. The molecule has 0 unspecified atom stereocenters. The summed E-state index contributed by atoms with van der Waals surface area (Å²) in [6.07, 6.45) is 4.12. The molecule has 23 heavy (non-hydrogen) atoms. The molecule has 6 nitrogen and oxygen atoms in total. The first-order chi connectivity index (χ1) is 11.1. The highest BCUT2D eigenvalue weighted by atomic mass is 16.5. The quantitative estimate of drug-likeness (QED) is 0.868. The Morgan fingerprint density at radius 3 is 2.70 bits per heavy atom. The van der Waals surface area contributed by atoms with E-state index in [-0.39, 0.29) is 0 Å². The molecule has 1 fully saturated rings. The van der Waals surface area contributed by atoms with Crippen LogP contribution >= 0.6 is 0 Å². The average molecular weight is 313 g/mol. The number of aryl methyl sites for hydroxylation is 1. The van der Waals surface area contributed by atoms with Crippen LogP contribution in [0.25, 0.3) is 0 Å². The first kappa shape index (κ1) is 15.8. The topological polar surface area (TPSA) is 70.9 Å². The first-order valence-corrected chi connectivity index (χ1v) is 8.18. The monoisotopic (exact) mass is 313 g/mol. The third kappa shape index (κ3) is 3.45. The van der Waals surface area contributed by atoms with Crippen molar-refractivity contribution in [2.45, 2.75) is 45.1 Å². The molecule has 3 heterocycles. The average Bonchev–Trinajstić information content (AvgIpc) is 3.15. The van der Waals surface area contributed by atoms with E-state index in [1.807, 2.05) is 23.9 Å². The molecule has 122 valence electrons. The Labute approximate surface area is 136 Å². The second-order valence-electron chi connectivity index (χ2n) is 6.65. The van der Waals surface area contributed by atoms with Crippen molar-refractivity contribution in [1.29, 1.82) is 5.26 Å². The molecular weight excluding hydrogens is 290 g/mol. The van der Waals surface area contributed by atoms with Crippen LogP contribution in [0, 0.1) is 11.3 Å². The zero-order chi connectivity index (χ0) is 16.4. The fourth-order valence-electron chi connectivity index (χ4n) is 3.07. The standard InChI is InChI=1S/C17H23N5O/c1-12(2)16-19-17(23-20-16)14-4-6-22(7-5-14)11-13-8-15(9-18)21(3)10-13/h8,10,12,14H,4-7,11H2,1-3H3. The van der Waals surface area contributed by atoms with Gasteiger partial charge in [0, 0.05) is 31.6 Å². The third-order valence-corrected chi connectivity index (χ3v) is 4.49. The summed E-state index contributed by atoms with van der Waals surface area (Å²) in [4.78, 5) is 6.96. The second-order valence-corrected chi connectivity index (χ2v) is 6.65. The SMILES string of the molecule is CC(C)c1noc(C2CCN(Cc3cc(C#N)n(C)c3)CC2)n1. The minimum absolute atomic E-state index is 0.306. The van der Waals surface area contributed by atoms with Gasteiger partial charge in [0.2, 0.25) is 5.89 Å². The van der Waals surface area contributed by atoms with Crippen LogP contribution in [0.1, 0.15) is 61.5 Å². The zero-order valence-electron chi connectivity index (χ0n) is 14.0. The van der Waals surface area contributed by atoms with Crippen LogP contribution in [-0.2, 0) is 13.6 Å². The molecule has 0 aliphatic carbocycles. The van der Waals surface area contributed by atoms with Gasteiger partial charge in [-0.05, 0) is 37.6 Å². The summed E-state index contributed by atoms with van der Waals surface area (Å²) >= 11 is 0. The lowest BCUT2D eigenvalue weighted by Gasteiger charge is -2.29. The van der Waals surface area contributed by atoms with E-state index < -0.39 is 0 Å². The lowest BCUT2D eigenvalue weighted by molar-refractivity contribution is 0.187. The number of likely N-dealkylation sites (tertiary alicyclic amines) is 1. The Bertz CT molecular complexity index is 701. The van der Waals surface area contributed by atoms with Gasteiger partial charge in [-0.2, -0.15) is 10.2 Å². The maximum absolute atomic E-state index is 9.03. The number of nitriles is 1. The summed E-state index contributed by atoms with van der Waals surface area (Å²) in [5, 5.41) is 13.1. The maximum atomic E-state index is 9.03. The fourth-order valence-corrected chi connectivity index (χ4v) is 3.07. The van der Waals surface area contributed by atoms with Gasteiger partial charge >= 0.3 is 0 Å². The Morgan fingerprint density at radius 1 is 1.39 bits per heavy atom. The van der Waals surface area contributed by atoms with Crippen molar-refractivity contribution in [3.8, 4) is 6.07 Å². The van der Waals surface area contributed by atoms with Gasteiger partial charge in [0.25, 0.3) is 0 Å². The lowest BCUT2D eigenvalue weighted by Crippen LogP contribution is -2.32. The predicted molar refractivity (Wildman–Crippen MR) is 85.8 cm³/mol. The molecule has 1 aliphatic rings. The molecule has 0 N–H and O–H groups in total. The van der Waals surface area contributed by atoms with Crippen molar-refractivity contribution in [1.82, 2.24) is 19.6 Å². The van der Waals surface area contributed by atoms with Crippen LogP contribution in [-0.4, -0.2) is 32.7 Å². The van der Waals surface area contributed by atoms with Crippen molar-refractivity contribution in [2.75, 3.05) is 13.1 Å². The number of hydrogen-bond donors (Lipinski definition) is 0. The van der Waals surface area contributed by atoms with Crippen LogP contribution in [0.15, 0.2) is 16.8 Å². The van der Waals surface area contributed by atoms with Crippen LogP contribution in [0.5, 0.6) is 0 Å². The van der Waals surface area contributed by atoms with Crippen LogP contribution in [0.2, 0.25) is 0 Å². The highest BCUT2D eigenvalue weighted by molar-refractivity contribution is 5.28. The highest BCUT2D eigenvalue weighted by Gasteiger charge is 2.25. The fraction of sp³-hybridized carbons (Fsp3) is 0.588. The molecule has 0 spiro atoms. The van der Waals surface area contributed by atoms with Crippen molar-refractivity contribution < 1.29 is 4.52 Å². The molecule has 0 atom stereocenters. The minimum atomic E-state index is 0.306. The van der Waals surface area contributed by atoms with Crippen molar-refractivity contribution in [3.63, 3.8) is 0 Å². The Hall–Kier alpha value is -2.13. The first-order valence-electron chi connectivity index (χ1n) is 8.18. The number of rotatable bonds is 4. The van der Waals surface area contributed by atoms with E-state index in [4.69, 9.17) is 9.78 Å². The molecule has 3 rings (SSSR count). The highest BCUT2D eigenvalue weighted by Crippen LogP contribution is 2.28. The van der Waals surface area contributed by atoms with Crippen LogP contribution in [0.3, 0.4) is 0 Å². The third-order valence-electron chi connectivity index (χ3n) is 4.49. The van der Waals surface area contributed by atoms with Gasteiger partial charge in [-0.25, -0.2) is 0 Å². The summed E-state index contributed by atoms with van der Waals surface area (Å²) in [6.45, 7) is 7.07. The van der Waals surface area contributed by atoms with Crippen molar-refractivity contribution >= 4 is 0 Å². The molecular formula is C17H23N5O. The molecule has 0 amide bonds. The van der Waals surface area contributed by atoms with E-state index in [0.717, 1.165) is 44.2 Å². The van der Waals surface area contributed by atoms with Crippen LogP contribution < -0.4 is 0 Å². The molecule has 1 aliphatic heterocycles. The maximum Gasteiger partial charge on any atom is 0.229 e. The molecule has 0 bridgehead atoms. The number of nitrogens with zero attached hydrogens (tertiary/aromatic N) is 5. The summed E-state index contributed by atoms with van der Waals surface area (Å²) in [5.74, 6) is 2.27. The molecule has 0 aromatic carbocycles. The molecule has 2 aromatic heterocycles. The summed E-state index contributed by atoms with van der Waals surface area (Å²) in [7, 11) is 1.91. The van der Waals surface area contributed by atoms with E-state index in [2.05, 4.69) is 35.0 Å². The molecule has 0 saturated carbocycles. The largest absolute Gasteiger partial charge is 0.342 e. The predicted octanol–water partition coefficient (Wildman–Crippen LogP) is 2.78. The molecule has 0 radical (unpaired) electrons. The smallest absolute Gasteiger partial charge is 0.229 e. The lowest BCUT2D eigenvalue weighted by atomic mass is 9.96. The summed E-state index contributed by atoms with van der Waals surface area (Å²) in [5.41, 5.74) is 1.91.